The van der Waals surface area contributed by atoms with Gasteiger partial charge in [-0.2, -0.15) is 10.1 Å². The molecule has 35 heavy (non-hydrogen) atoms. The maximum absolute atomic E-state index is 14.1. The molecule has 1 aromatic heterocycles. The number of anilines is 1. The summed E-state index contributed by atoms with van der Waals surface area (Å²) in [6.45, 7) is 7.65. The fourth-order valence-corrected chi connectivity index (χ4v) is 4.43. The fraction of sp³-hybridized carbons (Fsp3) is 0.320. The van der Waals surface area contributed by atoms with Crippen molar-refractivity contribution in [2.24, 2.45) is 0 Å². The van der Waals surface area contributed by atoms with Crippen LogP contribution in [-0.4, -0.2) is 33.4 Å². The van der Waals surface area contributed by atoms with Crippen molar-refractivity contribution in [1.82, 2.24) is 14.8 Å². The summed E-state index contributed by atoms with van der Waals surface area (Å²) < 4.78 is 33.7. The van der Waals surface area contributed by atoms with Crippen LogP contribution in [0.25, 0.3) is 0 Å². The molecule has 0 radical (unpaired) electrons. The van der Waals surface area contributed by atoms with Gasteiger partial charge in [0, 0.05) is 11.3 Å². The van der Waals surface area contributed by atoms with E-state index in [1.165, 1.54) is 12.4 Å². The molecule has 2 aromatic carbocycles. The van der Waals surface area contributed by atoms with Crippen molar-refractivity contribution in [3.05, 3.63) is 75.4 Å². The van der Waals surface area contributed by atoms with Gasteiger partial charge in [-0.05, 0) is 67.4 Å². The van der Waals surface area contributed by atoms with Gasteiger partial charge in [0.15, 0.2) is 11.5 Å². The predicted octanol–water partition coefficient (Wildman–Crippen LogP) is 5.40. The van der Waals surface area contributed by atoms with Crippen molar-refractivity contribution in [3.8, 4) is 11.5 Å². The third-order valence-electron chi connectivity index (χ3n) is 5.33. The number of fused-ring (bicyclic) bond motifs is 1. The average molecular weight is 545 g/mol. The number of carbonyl (C=O) groups excluding carboxylic acids is 1. The summed E-state index contributed by atoms with van der Waals surface area (Å²) in [5.74, 6) is 0.578. The molecule has 0 saturated carbocycles. The molecule has 1 unspecified atom stereocenters. The molecule has 0 bridgehead atoms. The number of carbonyl (C=O) groups is 1. The first-order valence-electron chi connectivity index (χ1n) is 11.2. The highest BCUT2D eigenvalue weighted by atomic mass is 79.9. The van der Waals surface area contributed by atoms with Crippen molar-refractivity contribution in [2.75, 3.05) is 11.9 Å². The molecule has 0 saturated heterocycles. The molecule has 2 heterocycles. The SMILES string of the molecule is CCOc1cc(C2C(C(=O)OC(C)C)=C(C)Nc3ncnn32)cc(Br)c1OCc1ccccc1F. The minimum absolute atomic E-state index is 0.0240. The average Bonchev–Trinajstić information content (AvgIpc) is 3.26. The minimum Gasteiger partial charge on any atom is -0.490 e. The third-order valence-corrected chi connectivity index (χ3v) is 5.92. The highest BCUT2D eigenvalue weighted by Crippen LogP contribution is 2.43. The molecular weight excluding hydrogens is 519 g/mol. The van der Waals surface area contributed by atoms with Crippen LogP contribution in [0.3, 0.4) is 0 Å². The normalized spacial score (nSPS) is 15.0. The summed E-state index contributed by atoms with van der Waals surface area (Å²) in [4.78, 5) is 17.4. The Morgan fingerprint density at radius 2 is 2.03 bits per heavy atom. The van der Waals surface area contributed by atoms with Crippen LogP contribution < -0.4 is 14.8 Å². The number of hydrogen-bond acceptors (Lipinski definition) is 7. The molecule has 4 rings (SSSR count). The zero-order valence-electron chi connectivity index (χ0n) is 19.8. The number of nitrogens with one attached hydrogen (secondary N) is 1. The quantitative estimate of drug-likeness (QED) is 0.380. The van der Waals surface area contributed by atoms with Gasteiger partial charge in [0.1, 0.15) is 24.8 Å². The van der Waals surface area contributed by atoms with Crippen molar-refractivity contribution in [2.45, 2.75) is 46.4 Å². The van der Waals surface area contributed by atoms with Crippen LogP contribution in [0.2, 0.25) is 0 Å². The predicted molar refractivity (Wildman–Crippen MR) is 132 cm³/mol. The number of halogens is 2. The summed E-state index contributed by atoms with van der Waals surface area (Å²) in [6, 6.07) is 9.45. The van der Waals surface area contributed by atoms with E-state index in [1.54, 1.807) is 49.7 Å². The van der Waals surface area contributed by atoms with E-state index < -0.39 is 12.0 Å². The van der Waals surface area contributed by atoms with E-state index in [4.69, 9.17) is 14.2 Å². The molecule has 184 valence electrons. The smallest absolute Gasteiger partial charge is 0.338 e. The highest BCUT2D eigenvalue weighted by Gasteiger charge is 2.35. The summed E-state index contributed by atoms with van der Waals surface area (Å²) in [6.07, 6.45) is 1.13. The fourth-order valence-electron chi connectivity index (χ4n) is 3.86. The van der Waals surface area contributed by atoms with Gasteiger partial charge >= 0.3 is 5.97 Å². The van der Waals surface area contributed by atoms with Gasteiger partial charge in [-0.25, -0.2) is 13.9 Å². The van der Waals surface area contributed by atoms with Gasteiger partial charge in [0.2, 0.25) is 5.95 Å². The molecular formula is C25H26BrFN4O4. The first-order valence-corrected chi connectivity index (χ1v) is 12.0. The van der Waals surface area contributed by atoms with Crippen molar-refractivity contribution in [1.29, 1.82) is 0 Å². The van der Waals surface area contributed by atoms with Gasteiger partial charge in [-0.15, -0.1) is 0 Å². The molecule has 10 heteroatoms. The molecule has 1 atom stereocenters. The molecule has 8 nitrogen and oxygen atoms in total. The molecule has 1 N–H and O–H groups in total. The first-order chi connectivity index (χ1) is 16.8. The number of benzene rings is 2. The second-order valence-electron chi connectivity index (χ2n) is 8.19. The molecule has 0 fully saturated rings. The summed E-state index contributed by atoms with van der Waals surface area (Å²) in [7, 11) is 0. The number of hydrogen-bond donors (Lipinski definition) is 1. The second kappa shape index (κ2) is 10.5. The lowest BCUT2D eigenvalue weighted by atomic mass is 9.95. The lowest BCUT2D eigenvalue weighted by Gasteiger charge is -2.29. The zero-order chi connectivity index (χ0) is 25.1. The Hall–Kier alpha value is -3.40. The van der Waals surface area contributed by atoms with Gasteiger partial charge in [-0.3, -0.25) is 0 Å². The van der Waals surface area contributed by atoms with E-state index in [-0.39, 0.29) is 18.5 Å². The van der Waals surface area contributed by atoms with Crippen LogP contribution in [0.1, 0.15) is 44.9 Å². The molecule has 0 aliphatic carbocycles. The van der Waals surface area contributed by atoms with Gasteiger partial charge in [0.05, 0.1) is 22.8 Å². The molecule has 0 amide bonds. The van der Waals surface area contributed by atoms with E-state index in [0.29, 0.717) is 50.9 Å². The number of ether oxygens (including phenoxy) is 3. The number of esters is 1. The highest BCUT2D eigenvalue weighted by molar-refractivity contribution is 9.10. The lowest BCUT2D eigenvalue weighted by Crippen LogP contribution is -2.30. The molecule has 3 aromatic rings. The van der Waals surface area contributed by atoms with E-state index in [2.05, 4.69) is 31.3 Å². The molecule has 0 spiro atoms. The summed E-state index contributed by atoms with van der Waals surface area (Å²) in [5.41, 5.74) is 2.16. The van der Waals surface area contributed by atoms with Crippen LogP contribution in [-0.2, 0) is 16.1 Å². The Morgan fingerprint density at radius 3 is 2.74 bits per heavy atom. The van der Waals surface area contributed by atoms with Crippen LogP contribution in [0.15, 0.2) is 58.5 Å². The lowest BCUT2D eigenvalue weighted by molar-refractivity contribution is -0.143. The zero-order valence-corrected chi connectivity index (χ0v) is 21.4. The Balaban J connectivity index is 1.76. The van der Waals surface area contributed by atoms with Crippen LogP contribution >= 0.6 is 15.9 Å². The number of allylic oxidation sites excluding steroid dienone is 1. The number of aromatic nitrogens is 3. The minimum atomic E-state index is -0.615. The summed E-state index contributed by atoms with van der Waals surface area (Å²) in [5, 5.41) is 7.46. The van der Waals surface area contributed by atoms with E-state index in [1.807, 2.05) is 13.0 Å². The molecule has 1 aliphatic rings. The van der Waals surface area contributed by atoms with E-state index in [0.717, 1.165) is 0 Å². The van der Waals surface area contributed by atoms with E-state index in [9.17, 15) is 9.18 Å². The topological polar surface area (TPSA) is 87.5 Å². The standard InChI is InChI=1S/C25H26BrFN4O4/c1-5-33-20-11-17(10-18(26)23(20)34-12-16-8-6-7-9-19(16)27)22-21(24(32)35-14(2)3)15(4)30-25-28-13-29-31(22)25/h6-11,13-14,22H,5,12H2,1-4H3,(H,28,29,30). The first kappa shape index (κ1) is 24.7. The molecule has 1 aliphatic heterocycles. The Morgan fingerprint density at radius 1 is 1.26 bits per heavy atom. The van der Waals surface area contributed by atoms with Crippen LogP contribution in [0.5, 0.6) is 11.5 Å². The monoisotopic (exact) mass is 544 g/mol. The Labute approximate surface area is 211 Å². The van der Waals surface area contributed by atoms with Crippen molar-refractivity contribution < 1.29 is 23.4 Å². The van der Waals surface area contributed by atoms with Crippen LogP contribution in [0, 0.1) is 5.82 Å². The Kier molecular flexibility index (Phi) is 7.39. The van der Waals surface area contributed by atoms with E-state index >= 15 is 0 Å². The number of rotatable bonds is 8. The van der Waals surface area contributed by atoms with Gasteiger partial charge < -0.3 is 19.5 Å². The van der Waals surface area contributed by atoms with Crippen molar-refractivity contribution >= 4 is 27.8 Å². The number of nitrogens with zero attached hydrogens (tertiary/aromatic N) is 3. The second-order valence-corrected chi connectivity index (χ2v) is 9.05. The maximum atomic E-state index is 14.1. The van der Waals surface area contributed by atoms with Gasteiger partial charge in [-0.1, -0.05) is 18.2 Å². The van der Waals surface area contributed by atoms with Crippen molar-refractivity contribution in [3.63, 3.8) is 0 Å². The third kappa shape index (κ3) is 5.17. The maximum Gasteiger partial charge on any atom is 0.338 e. The van der Waals surface area contributed by atoms with Crippen LogP contribution in [0.4, 0.5) is 10.3 Å². The van der Waals surface area contributed by atoms with Gasteiger partial charge in [0.25, 0.3) is 0 Å². The Bertz CT molecular complexity index is 1270. The summed E-state index contributed by atoms with van der Waals surface area (Å²) >= 11 is 3.58. The largest absolute Gasteiger partial charge is 0.490 e.